The van der Waals surface area contributed by atoms with Gasteiger partial charge >= 0.3 is 0 Å². The maximum Gasteiger partial charge on any atom is 0.254 e. The van der Waals surface area contributed by atoms with Crippen molar-refractivity contribution in [3.63, 3.8) is 0 Å². The molecule has 2 N–H and O–H groups in total. The molecule has 0 saturated carbocycles. The van der Waals surface area contributed by atoms with Crippen LogP contribution in [0.3, 0.4) is 0 Å². The van der Waals surface area contributed by atoms with Crippen LogP contribution in [0, 0.1) is 0 Å². The summed E-state index contributed by atoms with van der Waals surface area (Å²) < 4.78 is 5.94. The van der Waals surface area contributed by atoms with Crippen molar-refractivity contribution in [2.75, 3.05) is 19.7 Å². The van der Waals surface area contributed by atoms with Crippen LogP contribution in [0.2, 0.25) is 0 Å². The topological polar surface area (TPSA) is 70.2 Å². The predicted molar refractivity (Wildman–Crippen MR) is 91.6 cm³/mol. The van der Waals surface area contributed by atoms with Crippen LogP contribution in [0.15, 0.2) is 42.7 Å². The summed E-state index contributed by atoms with van der Waals surface area (Å²) in [5.74, 6) is -0.112. The van der Waals surface area contributed by atoms with E-state index >= 15 is 0 Å². The summed E-state index contributed by atoms with van der Waals surface area (Å²) in [6, 6.07) is 10.4. The summed E-state index contributed by atoms with van der Waals surface area (Å²) in [4.78, 5) is 14.6. The van der Waals surface area contributed by atoms with Gasteiger partial charge < -0.3 is 10.1 Å². The lowest BCUT2D eigenvalue weighted by Crippen LogP contribution is -2.53. The van der Waals surface area contributed by atoms with Crippen LogP contribution in [0.1, 0.15) is 29.3 Å². The summed E-state index contributed by atoms with van der Waals surface area (Å²) in [5, 5.41) is 9.56. The molecule has 6 heteroatoms. The van der Waals surface area contributed by atoms with E-state index in [-0.39, 0.29) is 18.1 Å². The molecule has 2 atom stereocenters. The zero-order chi connectivity index (χ0) is 16.8. The molecule has 1 amide bonds. The lowest BCUT2D eigenvalue weighted by molar-refractivity contribution is -0.0483. The van der Waals surface area contributed by atoms with E-state index < -0.39 is 0 Å². The molecule has 1 aliphatic rings. The van der Waals surface area contributed by atoms with E-state index in [1.54, 1.807) is 6.20 Å². The second-order valence-corrected chi connectivity index (χ2v) is 6.11. The monoisotopic (exact) mass is 328 g/mol. The van der Waals surface area contributed by atoms with E-state index in [1.165, 1.54) is 11.8 Å². The lowest BCUT2D eigenvalue weighted by Gasteiger charge is -2.37. The highest BCUT2D eigenvalue weighted by Gasteiger charge is 2.28. The van der Waals surface area contributed by atoms with Crippen molar-refractivity contribution < 1.29 is 9.53 Å². The molecule has 1 aromatic carbocycles. The number of hydrogen-bond acceptors (Lipinski definition) is 4. The van der Waals surface area contributed by atoms with Crippen LogP contribution in [0.5, 0.6) is 0 Å². The summed E-state index contributed by atoms with van der Waals surface area (Å²) in [7, 11) is 0. The molecule has 6 nitrogen and oxygen atoms in total. The fourth-order valence-electron chi connectivity index (χ4n) is 3.04. The summed E-state index contributed by atoms with van der Waals surface area (Å²) in [6.45, 7) is 5.40. The number of morpholine rings is 1. The Bertz CT molecular complexity index is 630. The Hall–Kier alpha value is -2.18. The maximum atomic E-state index is 12.3. The van der Waals surface area contributed by atoms with Crippen LogP contribution in [-0.4, -0.2) is 52.8 Å². The molecular weight excluding hydrogens is 304 g/mol. The van der Waals surface area contributed by atoms with Gasteiger partial charge in [0.25, 0.3) is 5.91 Å². The standard InChI is InChI=1S/C18H24N4O2/c1-2-16(21-18(23)15-10-19-20-11-15)17-13-22(8-9-24-17)12-14-6-4-3-5-7-14/h3-7,10-11,16-17H,2,8-9,12-13H2,1H3,(H,19,20)(H,21,23)/t16-,17+/m0/s1. The van der Waals surface area contributed by atoms with Crippen molar-refractivity contribution >= 4 is 5.91 Å². The van der Waals surface area contributed by atoms with E-state index in [2.05, 4.69) is 51.6 Å². The molecule has 0 radical (unpaired) electrons. The molecular formula is C18H24N4O2. The number of nitrogens with zero attached hydrogens (tertiary/aromatic N) is 2. The Morgan fingerprint density at radius 1 is 1.46 bits per heavy atom. The first kappa shape index (κ1) is 16.7. The van der Waals surface area contributed by atoms with Gasteiger partial charge in [0.15, 0.2) is 0 Å². The first-order valence-electron chi connectivity index (χ1n) is 8.43. The van der Waals surface area contributed by atoms with E-state index in [0.29, 0.717) is 12.2 Å². The third-order valence-electron chi connectivity index (χ3n) is 4.39. The minimum absolute atomic E-state index is 0.00307. The van der Waals surface area contributed by atoms with E-state index in [0.717, 1.165) is 26.1 Å². The number of H-pyrrole nitrogens is 1. The van der Waals surface area contributed by atoms with Gasteiger partial charge in [-0.15, -0.1) is 0 Å². The summed E-state index contributed by atoms with van der Waals surface area (Å²) in [6.07, 6.45) is 3.97. The van der Waals surface area contributed by atoms with Gasteiger partial charge in [-0.3, -0.25) is 14.8 Å². The first-order valence-corrected chi connectivity index (χ1v) is 8.43. The van der Waals surface area contributed by atoms with E-state index in [9.17, 15) is 4.79 Å². The third kappa shape index (κ3) is 4.21. The molecule has 3 rings (SSSR count). The molecule has 0 spiro atoms. The molecule has 0 unspecified atom stereocenters. The first-order chi connectivity index (χ1) is 11.8. The van der Waals surface area contributed by atoms with Crippen molar-refractivity contribution in [3.05, 3.63) is 53.9 Å². The summed E-state index contributed by atoms with van der Waals surface area (Å²) in [5.41, 5.74) is 1.85. The minimum Gasteiger partial charge on any atom is -0.373 e. The maximum absolute atomic E-state index is 12.3. The van der Waals surface area contributed by atoms with E-state index in [1.807, 2.05) is 6.07 Å². The number of hydrogen-bond donors (Lipinski definition) is 2. The SMILES string of the molecule is CC[C@H](NC(=O)c1cn[nH]c1)[C@H]1CN(Cc2ccccc2)CCO1. The van der Waals surface area contributed by atoms with Gasteiger partial charge in [0.05, 0.1) is 30.5 Å². The number of carbonyl (C=O) groups excluding carboxylic acids is 1. The largest absolute Gasteiger partial charge is 0.373 e. The highest BCUT2D eigenvalue weighted by atomic mass is 16.5. The normalized spacial score (nSPS) is 19.8. The molecule has 1 fully saturated rings. The number of benzene rings is 1. The van der Waals surface area contributed by atoms with Gasteiger partial charge in [-0.25, -0.2) is 0 Å². The Labute approximate surface area is 142 Å². The Morgan fingerprint density at radius 3 is 3.00 bits per heavy atom. The van der Waals surface area contributed by atoms with Gasteiger partial charge in [0.1, 0.15) is 0 Å². The molecule has 0 aliphatic carbocycles. The molecule has 1 aliphatic heterocycles. The number of aromatic amines is 1. The van der Waals surface area contributed by atoms with Crippen LogP contribution in [-0.2, 0) is 11.3 Å². The lowest BCUT2D eigenvalue weighted by atomic mass is 10.1. The molecule has 2 aromatic rings. The molecule has 1 saturated heterocycles. The third-order valence-corrected chi connectivity index (χ3v) is 4.39. The number of ether oxygens (including phenoxy) is 1. The van der Waals surface area contributed by atoms with E-state index in [4.69, 9.17) is 4.74 Å². The van der Waals surface area contributed by atoms with Crippen molar-refractivity contribution in [1.29, 1.82) is 0 Å². The van der Waals surface area contributed by atoms with Crippen molar-refractivity contribution in [3.8, 4) is 0 Å². The zero-order valence-electron chi connectivity index (χ0n) is 13.9. The number of nitrogens with one attached hydrogen (secondary N) is 2. The minimum atomic E-state index is -0.112. The quantitative estimate of drug-likeness (QED) is 0.848. The van der Waals surface area contributed by atoms with Crippen molar-refractivity contribution in [1.82, 2.24) is 20.4 Å². The Morgan fingerprint density at radius 2 is 2.29 bits per heavy atom. The van der Waals surface area contributed by atoms with Crippen molar-refractivity contribution in [2.45, 2.75) is 32.0 Å². The average Bonchev–Trinajstić information content (AvgIpc) is 3.15. The fourth-order valence-corrected chi connectivity index (χ4v) is 3.04. The van der Waals surface area contributed by atoms with Crippen LogP contribution in [0.25, 0.3) is 0 Å². The summed E-state index contributed by atoms with van der Waals surface area (Å²) >= 11 is 0. The number of aromatic nitrogens is 2. The van der Waals surface area contributed by atoms with Gasteiger partial charge in [-0.1, -0.05) is 37.3 Å². The Kier molecular flexibility index (Phi) is 5.61. The molecule has 2 heterocycles. The molecule has 1 aromatic heterocycles. The van der Waals surface area contributed by atoms with Crippen LogP contribution < -0.4 is 5.32 Å². The van der Waals surface area contributed by atoms with Crippen molar-refractivity contribution in [2.24, 2.45) is 0 Å². The van der Waals surface area contributed by atoms with Gasteiger partial charge in [-0.05, 0) is 12.0 Å². The fraction of sp³-hybridized carbons (Fsp3) is 0.444. The molecule has 128 valence electrons. The van der Waals surface area contributed by atoms with Gasteiger partial charge in [-0.2, -0.15) is 5.10 Å². The molecule has 0 bridgehead atoms. The second kappa shape index (κ2) is 8.08. The Balaban J connectivity index is 1.58. The zero-order valence-corrected chi connectivity index (χ0v) is 13.9. The highest BCUT2D eigenvalue weighted by molar-refractivity contribution is 5.93. The van der Waals surface area contributed by atoms with Crippen LogP contribution >= 0.6 is 0 Å². The predicted octanol–water partition coefficient (Wildman–Crippen LogP) is 1.82. The highest BCUT2D eigenvalue weighted by Crippen LogP contribution is 2.15. The average molecular weight is 328 g/mol. The second-order valence-electron chi connectivity index (χ2n) is 6.11. The van der Waals surface area contributed by atoms with Gasteiger partial charge in [0, 0.05) is 25.8 Å². The van der Waals surface area contributed by atoms with Gasteiger partial charge in [0.2, 0.25) is 0 Å². The molecule has 24 heavy (non-hydrogen) atoms. The number of rotatable bonds is 6. The number of amides is 1. The van der Waals surface area contributed by atoms with Crippen LogP contribution in [0.4, 0.5) is 0 Å². The smallest absolute Gasteiger partial charge is 0.254 e. The number of carbonyl (C=O) groups is 1.